The van der Waals surface area contributed by atoms with Crippen LogP contribution in [-0.2, 0) is 26.5 Å². The first-order valence-electron chi connectivity index (χ1n) is 6.60. The lowest BCUT2D eigenvalue weighted by atomic mass is 10.1. The monoisotopic (exact) mass is 333 g/mol. The fourth-order valence-corrected chi connectivity index (χ4v) is 6.25. The van der Waals surface area contributed by atoms with Gasteiger partial charge in [-0.2, -0.15) is 4.31 Å². The minimum atomic E-state index is -3.77. The second-order valence-electron chi connectivity index (χ2n) is 5.28. The Morgan fingerprint density at radius 1 is 1.38 bits per heavy atom. The molecule has 0 spiro atoms. The molecule has 1 heterocycles. The maximum atomic E-state index is 12.7. The molecule has 0 aliphatic carbocycles. The molecule has 2 rings (SSSR count). The molecule has 0 amide bonds. The zero-order valence-corrected chi connectivity index (χ0v) is 13.6. The molecule has 1 saturated heterocycles. The average molecular weight is 333 g/mol. The van der Waals surface area contributed by atoms with Crippen molar-refractivity contribution in [1.29, 1.82) is 0 Å². The molecule has 8 heteroatoms. The number of sulfone groups is 1. The highest BCUT2D eigenvalue weighted by Crippen LogP contribution is 2.26. The molecule has 1 N–H and O–H groups in total. The normalized spacial score (nSPS) is 23.1. The molecule has 1 aliphatic rings. The molecule has 1 atom stereocenters. The van der Waals surface area contributed by atoms with Gasteiger partial charge in [-0.1, -0.05) is 12.1 Å². The molecule has 0 saturated carbocycles. The van der Waals surface area contributed by atoms with Gasteiger partial charge in [0, 0.05) is 12.6 Å². The van der Waals surface area contributed by atoms with Crippen molar-refractivity contribution in [3.8, 4) is 0 Å². The summed E-state index contributed by atoms with van der Waals surface area (Å²) in [5, 5.41) is 9.25. The van der Waals surface area contributed by atoms with Crippen molar-refractivity contribution in [2.24, 2.45) is 0 Å². The van der Waals surface area contributed by atoms with Crippen LogP contribution in [0.1, 0.15) is 18.1 Å². The summed E-state index contributed by atoms with van der Waals surface area (Å²) >= 11 is 0. The van der Waals surface area contributed by atoms with E-state index >= 15 is 0 Å². The predicted octanol–water partition coefficient (Wildman–Crippen LogP) is 0.295. The van der Waals surface area contributed by atoms with E-state index in [1.165, 1.54) is 10.4 Å². The van der Waals surface area contributed by atoms with Crippen LogP contribution in [0.25, 0.3) is 0 Å². The van der Waals surface area contributed by atoms with Crippen LogP contribution in [0.4, 0.5) is 0 Å². The molecule has 6 nitrogen and oxygen atoms in total. The first-order chi connectivity index (χ1) is 9.69. The Balaban J connectivity index is 2.44. The van der Waals surface area contributed by atoms with Gasteiger partial charge in [0.2, 0.25) is 10.0 Å². The summed E-state index contributed by atoms with van der Waals surface area (Å²) in [6.07, 6.45) is 0. The smallest absolute Gasteiger partial charge is 0.243 e. The van der Waals surface area contributed by atoms with E-state index in [-0.39, 0.29) is 29.6 Å². The summed E-state index contributed by atoms with van der Waals surface area (Å²) in [5.74, 6) is -0.319. The van der Waals surface area contributed by atoms with Gasteiger partial charge in [-0.25, -0.2) is 16.8 Å². The largest absolute Gasteiger partial charge is 0.392 e. The van der Waals surface area contributed by atoms with Crippen LogP contribution in [0, 0.1) is 6.92 Å². The van der Waals surface area contributed by atoms with E-state index in [2.05, 4.69) is 0 Å². The number of hydrogen-bond acceptors (Lipinski definition) is 5. The van der Waals surface area contributed by atoms with Crippen LogP contribution in [0.5, 0.6) is 0 Å². The standard InChI is InChI=1S/C13H19NO5S2/c1-10-9-20(16,17)7-6-14(10)21(18,19)13-5-3-4-12(8-15)11(13)2/h3-5,10,15H,6-9H2,1-2H3. The third-order valence-electron chi connectivity index (χ3n) is 3.76. The van der Waals surface area contributed by atoms with E-state index in [4.69, 9.17) is 0 Å². The minimum Gasteiger partial charge on any atom is -0.392 e. The first-order valence-corrected chi connectivity index (χ1v) is 9.87. The van der Waals surface area contributed by atoms with Gasteiger partial charge < -0.3 is 5.11 Å². The Bertz CT molecular complexity index is 740. The molecule has 21 heavy (non-hydrogen) atoms. The molecule has 0 bridgehead atoms. The SMILES string of the molecule is Cc1c(CO)cccc1S(=O)(=O)N1CCS(=O)(=O)CC1C. The molecule has 1 aromatic rings. The second kappa shape index (κ2) is 5.68. The summed E-state index contributed by atoms with van der Waals surface area (Å²) in [7, 11) is -6.94. The Morgan fingerprint density at radius 3 is 2.62 bits per heavy atom. The molecule has 0 radical (unpaired) electrons. The number of benzene rings is 1. The molecule has 1 fully saturated rings. The maximum Gasteiger partial charge on any atom is 0.243 e. The molecule has 0 aromatic heterocycles. The second-order valence-corrected chi connectivity index (χ2v) is 9.37. The molecule has 1 aromatic carbocycles. The van der Waals surface area contributed by atoms with Crippen molar-refractivity contribution in [1.82, 2.24) is 4.31 Å². The number of aliphatic hydroxyl groups is 1. The third-order valence-corrected chi connectivity index (χ3v) is 7.72. The van der Waals surface area contributed by atoms with E-state index in [1.807, 2.05) is 0 Å². The quantitative estimate of drug-likeness (QED) is 0.859. The molecular formula is C13H19NO5S2. The van der Waals surface area contributed by atoms with E-state index in [9.17, 15) is 21.9 Å². The topological polar surface area (TPSA) is 91.8 Å². The number of sulfonamides is 1. The van der Waals surface area contributed by atoms with Gasteiger partial charge in [0.05, 0.1) is 23.0 Å². The lowest BCUT2D eigenvalue weighted by Gasteiger charge is -2.32. The van der Waals surface area contributed by atoms with Gasteiger partial charge in [-0.3, -0.25) is 0 Å². The number of aliphatic hydroxyl groups excluding tert-OH is 1. The predicted molar refractivity (Wildman–Crippen MR) is 79.1 cm³/mol. The number of rotatable bonds is 3. The van der Waals surface area contributed by atoms with Crippen LogP contribution < -0.4 is 0 Å². The zero-order valence-electron chi connectivity index (χ0n) is 12.0. The summed E-state index contributed by atoms with van der Waals surface area (Å²) in [4.78, 5) is 0.125. The Morgan fingerprint density at radius 2 is 2.05 bits per heavy atom. The zero-order chi connectivity index (χ0) is 15.8. The van der Waals surface area contributed by atoms with Crippen molar-refractivity contribution in [3.05, 3.63) is 29.3 Å². The Labute approximate surface area is 125 Å². The van der Waals surface area contributed by atoms with Crippen LogP contribution in [-0.4, -0.2) is 50.3 Å². The number of hydrogen-bond donors (Lipinski definition) is 1. The van der Waals surface area contributed by atoms with Gasteiger partial charge in [0.25, 0.3) is 0 Å². The van der Waals surface area contributed by atoms with Crippen LogP contribution >= 0.6 is 0 Å². The Kier molecular flexibility index (Phi) is 4.44. The van der Waals surface area contributed by atoms with Crippen molar-refractivity contribution in [2.45, 2.75) is 31.4 Å². The van der Waals surface area contributed by atoms with Gasteiger partial charge >= 0.3 is 0 Å². The van der Waals surface area contributed by atoms with E-state index in [0.717, 1.165) is 0 Å². The van der Waals surface area contributed by atoms with Crippen LogP contribution in [0.2, 0.25) is 0 Å². The molecule has 118 valence electrons. The van der Waals surface area contributed by atoms with E-state index in [1.54, 1.807) is 26.0 Å². The fraction of sp³-hybridized carbons (Fsp3) is 0.538. The highest BCUT2D eigenvalue weighted by atomic mass is 32.2. The highest BCUT2D eigenvalue weighted by molar-refractivity contribution is 7.92. The third kappa shape index (κ3) is 3.13. The average Bonchev–Trinajstić information content (AvgIpc) is 2.37. The van der Waals surface area contributed by atoms with Crippen LogP contribution in [0.15, 0.2) is 23.1 Å². The lowest BCUT2D eigenvalue weighted by Crippen LogP contribution is -2.49. The van der Waals surface area contributed by atoms with Gasteiger partial charge in [-0.05, 0) is 31.0 Å². The fourth-order valence-electron chi connectivity index (χ4n) is 2.58. The van der Waals surface area contributed by atoms with E-state index < -0.39 is 25.9 Å². The van der Waals surface area contributed by atoms with Gasteiger partial charge in [-0.15, -0.1) is 0 Å². The molecular weight excluding hydrogens is 314 g/mol. The maximum absolute atomic E-state index is 12.7. The minimum absolute atomic E-state index is 0.0331. The Hall–Kier alpha value is -0.960. The summed E-state index contributed by atoms with van der Waals surface area (Å²) in [6.45, 7) is 2.97. The van der Waals surface area contributed by atoms with Crippen molar-refractivity contribution < 1.29 is 21.9 Å². The molecule has 1 aliphatic heterocycles. The highest BCUT2D eigenvalue weighted by Gasteiger charge is 2.37. The van der Waals surface area contributed by atoms with Crippen molar-refractivity contribution >= 4 is 19.9 Å². The summed E-state index contributed by atoms with van der Waals surface area (Å²) < 4.78 is 49.9. The van der Waals surface area contributed by atoms with Gasteiger partial charge in [0.15, 0.2) is 9.84 Å². The molecule has 1 unspecified atom stereocenters. The first kappa shape index (κ1) is 16.4. The summed E-state index contributed by atoms with van der Waals surface area (Å²) in [6, 6.07) is 4.14. The van der Waals surface area contributed by atoms with E-state index in [0.29, 0.717) is 11.1 Å². The van der Waals surface area contributed by atoms with Crippen molar-refractivity contribution in [2.75, 3.05) is 18.1 Å². The summed E-state index contributed by atoms with van der Waals surface area (Å²) in [5.41, 5.74) is 1.05. The van der Waals surface area contributed by atoms with Crippen molar-refractivity contribution in [3.63, 3.8) is 0 Å². The van der Waals surface area contributed by atoms with Gasteiger partial charge in [0.1, 0.15) is 0 Å². The lowest BCUT2D eigenvalue weighted by molar-refractivity contribution is 0.280. The van der Waals surface area contributed by atoms with Crippen LogP contribution in [0.3, 0.4) is 0 Å². The number of nitrogens with zero attached hydrogens (tertiary/aromatic N) is 1.